The molecule has 3 rings (SSSR count). The summed E-state index contributed by atoms with van der Waals surface area (Å²) in [6.07, 6.45) is 0.638. The predicted octanol–water partition coefficient (Wildman–Crippen LogP) is 3.51. The number of carbonyl (C=O) groups is 1. The number of anilines is 1. The van der Waals surface area contributed by atoms with Gasteiger partial charge in [0.1, 0.15) is 11.5 Å². The Hall–Kier alpha value is -2.62. The van der Waals surface area contributed by atoms with Gasteiger partial charge in [0.05, 0.1) is 30.4 Å². The number of hydrogen-bond acceptors (Lipinski definition) is 6. The lowest BCUT2D eigenvalue weighted by molar-refractivity contribution is -0.116. The molecule has 0 spiro atoms. The van der Waals surface area contributed by atoms with Crippen molar-refractivity contribution in [3.8, 4) is 11.5 Å². The minimum Gasteiger partial charge on any atom is -0.506 e. The summed E-state index contributed by atoms with van der Waals surface area (Å²) in [5, 5.41) is 12.7. The molecular formula is C24H32N2O6S. The average molecular weight is 477 g/mol. The van der Waals surface area contributed by atoms with Gasteiger partial charge in [-0.05, 0) is 47.7 Å². The van der Waals surface area contributed by atoms with E-state index in [0.29, 0.717) is 26.2 Å². The molecule has 1 aliphatic rings. The highest BCUT2D eigenvalue weighted by molar-refractivity contribution is 7.89. The number of phenolic OH excluding ortho intramolecular Hbond substituents is 1. The van der Waals surface area contributed by atoms with Gasteiger partial charge in [-0.15, -0.1) is 0 Å². The molecule has 1 fully saturated rings. The van der Waals surface area contributed by atoms with Gasteiger partial charge >= 0.3 is 0 Å². The van der Waals surface area contributed by atoms with Gasteiger partial charge in [-0.2, -0.15) is 4.31 Å². The van der Waals surface area contributed by atoms with Crippen molar-refractivity contribution in [2.75, 3.05) is 38.2 Å². The number of amides is 1. The second-order valence-corrected chi connectivity index (χ2v) is 10.9. The molecule has 0 radical (unpaired) electrons. The molecule has 0 unspecified atom stereocenters. The van der Waals surface area contributed by atoms with E-state index in [1.165, 1.54) is 28.1 Å². The molecule has 1 amide bonds. The molecule has 33 heavy (non-hydrogen) atoms. The van der Waals surface area contributed by atoms with Crippen LogP contribution in [-0.2, 0) is 25.0 Å². The zero-order chi connectivity index (χ0) is 24.1. The van der Waals surface area contributed by atoms with E-state index in [0.717, 1.165) is 5.75 Å². The summed E-state index contributed by atoms with van der Waals surface area (Å²) in [4.78, 5) is 12.4. The van der Waals surface area contributed by atoms with Crippen LogP contribution in [0, 0.1) is 0 Å². The molecule has 0 atom stereocenters. The number of phenols is 1. The van der Waals surface area contributed by atoms with Crippen LogP contribution < -0.4 is 10.1 Å². The smallest absolute Gasteiger partial charge is 0.243 e. The first-order valence-corrected chi connectivity index (χ1v) is 12.5. The first-order valence-electron chi connectivity index (χ1n) is 11.0. The Labute approximate surface area is 195 Å². The van der Waals surface area contributed by atoms with Crippen molar-refractivity contribution in [3.05, 3.63) is 48.0 Å². The summed E-state index contributed by atoms with van der Waals surface area (Å²) >= 11 is 0. The highest BCUT2D eigenvalue weighted by atomic mass is 32.2. The first-order chi connectivity index (χ1) is 15.6. The van der Waals surface area contributed by atoms with Gasteiger partial charge in [0, 0.05) is 19.5 Å². The molecule has 2 aromatic rings. The summed E-state index contributed by atoms with van der Waals surface area (Å²) in [5.41, 5.74) is 1.35. The van der Waals surface area contributed by atoms with Crippen LogP contribution in [0.25, 0.3) is 0 Å². The summed E-state index contributed by atoms with van der Waals surface area (Å²) in [7, 11) is -3.73. The third-order valence-electron chi connectivity index (χ3n) is 5.39. The molecule has 0 saturated carbocycles. The van der Waals surface area contributed by atoms with Gasteiger partial charge in [-0.1, -0.05) is 32.9 Å². The van der Waals surface area contributed by atoms with E-state index in [-0.39, 0.29) is 47.2 Å². The molecular weight excluding hydrogens is 444 g/mol. The molecule has 1 aliphatic heterocycles. The van der Waals surface area contributed by atoms with Gasteiger partial charge in [-0.3, -0.25) is 4.79 Å². The number of nitrogens with one attached hydrogen (secondary N) is 1. The van der Waals surface area contributed by atoms with E-state index in [9.17, 15) is 18.3 Å². The maximum absolute atomic E-state index is 12.8. The lowest BCUT2D eigenvalue weighted by Crippen LogP contribution is -2.40. The number of ether oxygens (including phenoxy) is 2. The fourth-order valence-corrected chi connectivity index (χ4v) is 4.83. The predicted molar refractivity (Wildman–Crippen MR) is 126 cm³/mol. The van der Waals surface area contributed by atoms with Crippen LogP contribution in [0.5, 0.6) is 11.5 Å². The molecule has 180 valence electrons. The monoisotopic (exact) mass is 476 g/mol. The molecule has 0 bridgehead atoms. The first kappa shape index (κ1) is 25.0. The summed E-state index contributed by atoms with van der Waals surface area (Å²) in [6.45, 7) is 8.01. The number of rotatable bonds is 8. The average Bonchev–Trinajstić information content (AvgIpc) is 2.78. The number of carbonyl (C=O) groups excluding carboxylic acids is 1. The van der Waals surface area contributed by atoms with Crippen LogP contribution in [0.1, 0.15) is 39.2 Å². The Morgan fingerprint density at radius 1 is 1.12 bits per heavy atom. The van der Waals surface area contributed by atoms with Crippen molar-refractivity contribution >= 4 is 21.6 Å². The second-order valence-electron chi connectivity index (χ2n) is 8.97. The summed E-state index contributed by atoms with van der Waals surface area (Å²) in [5.74, 6) is 0.208. The van der Waals surface area contributed by atoms with E-state index in [1.807, 2.05) is 24.3 Å². The number of aromatic hydroxyl groups is 1. The third kappa shape index (κ3) is 6.69. The zero-order valence-corrected chi connectivity index (χ0v) is 20.2. The Morgan fingerprint density at radius 2 is 1.79 bits per heavy atom. The van der Waals surface area contributed by atoms with Crippen LogP contribution in [0.3, 0.4) is 0 Å². The molecule has 1 saturated heterocycles. The van der Waals surface area contributed by atoms with Gasteiger partial charge in [0.15, 0.2) is 0 Å². The van der Waals surface area contributed by atoms with Gasteiger partial charge in [-0.25, -0.2) is 8.42 Å². The fourth-order valence-electron chi connectivity index (χ4n) is 3.40. The van der Waals surface area contributed by atoms with Crippen LogP contribution in [-0.4, -0.2) is 56.6 Å². The second kappa shape index (κ2) is 10.5. The van der Waals surface area contributed by atoms with Crippen molar-refractivity contribution in [2.24, 2.45) is 0 Å². The Bertz CT molecular complexity index is 1060. The van der Waals surface area contributed by atoms with Crippen molar-refractivity contribution in [2.45, 2.75) is 43.9 Å². The lowest BCUT2D eigenvalue weighted by atomic mass is 9.87. The van der Waals surface area contributed by atoms with E-state index in [1.54, 1.807) is 0 Å². The number of sulfonamides is 1. The molecule has 0 aliphatic carbocycles. The van der Waals surface area contributed by atoms with E-state index in [2.05, 4.69) is 26.1 Å². The Morgan fingerprint density at radius 3 is 2.42 bits per heavy atom. The molecule has 9 heteroatoms. The Kier molecular flexibility index (Phi) is 7.99. The maximum Gasteiger partial charge on any atom is 0.243 e. The van der Waals surface area contributed by atoms with Crippen LogP contribution in [0.2, 0.25) is 0 Å². The molecule has 8 nitrogen and oxygen atoms in total. The van der Waals surface area contributed by atoms with Crippen LogP contribution >= 0.6 is 0 Å². The largest absolute Gasteiger partial charge is 0.506 e. The van der Waals surface area contributed by atoms with Crippen molar-refractivity contribution in [3.63, 3.8) is 0 Å². The van der Waals surface area contributed by atoms with E-state index in [4.69, 9.17) is 9.47 Å². The third-order valence-corrected chi connectivity index (χ3v) is 7.28. The number of hydrogen-bond donors (Lipinski definition) is 2. The molecule has 2 N–H and O–H groups in total. The summed E-state index contributed by atoms with van der Waals surface area (Å²) < 4.78 is 37.9. The highest BCUT2D eigenvalue weighted by Gasteiger charge is 2.27. The summed E-state index contributed by atoms with van der Waals surface area (Å²) in [6, 6.07) is 11.8. The van der Waals surface area contributed by atoms with Crippen LogP contribution in [0.15, 0.2) is 47.4 Å². The van der Waals surface area contributed by atoms with E-state index < -0.39 is 10.0 Å². The normalized spacial score (nSPS) is 15.2. The quantitative estimate of drug-likeness (QED) is 0.446. The minimum absolute atomic E-state index is 0.0135. The van der Waals surface area contributed by atoms with Crippen molar-refractivity contribution in [1.29, 1.82) is 0 Å². The Balaban J connectivity index is 1.52. The van der Waals surface area contributed by atoms with Gasteiger partial charge in [0.25, 0.3) is 0 Å². The van der Waals surface area contributed by atoms with Crippen molar-refractivity contribution < 1.29 is 27.8 Å². The zero-order valence-electron chi connectivity index (χ0n) is 19.3. The topological polar surface area (TPSA) is 105 Å². The van der Waals surface area contributed by atoms with E-state index >= 15 is 0 Å². The lowest BCUT2D eigenvalue weighted by Gasteiger charge is -2.26. The van der Waals surface area contributed by atoms with Gasteiger partial charge in [0.2, 0.25) is 15.9 Å². The highest BCUT2D eigenvalue weighted by Crippen LogP contribution is 2.29. The number of benzene rings is 2. The number of nitrogens with zero attached hydrogens (tertiary/aromatic N) is 1. The fraction of sp³-hybridized carbons (Fsp3) is 0.458. The van der Waals surface area contributed by atoms with Gasteiger partial charge < -0.3 is 19.9 Å². The number of morpholine rings is 1. The van der Waals surface area contributed by atoms with Crippen LogP contribution in [0.4, 0.5) is 5.69 Å². The SMILES string of the molecule is CC(C)(C)c1ccc(OCCCC(=O)Nc2cc(S(=O)(=O)N3CCOCC3)ccc2O)cc1. The van der Waals surface area contributed by atoms with Crippen molar-refractivity contribution in [1.82, 2.24) is 4.31 Å². The molecule has 2 aromatic carbocycles. The maximum atomic E-state index is 12.8. The molecule has 0 aromatic heterocycles. The minimum atomic E-state index is -3.73. The molecule has 1 heterocycles. The standard InChI is InChI=1S/C24H32N2O6S/c1-24(2,3)18-6-8-19(9-7-18)32-14-4-5-23(28)25-21-17-20(10-11-22(21)27)33(29,30)26-12-15-31-16-13-26/h6-11,17,27H,4-5,12-16H2,1-3H3,(H,25,28).